The number of nitrogens with one attached hydrogen (secondary N) is 2. The molecule has 0 unspecified atom stereocenters. The smallest absolute Gasteiger partial charge is 0.191 e. The average Bonchev–Trinajstić information content (AvgIpc) is 3.04. The second-order valence-corrected chi connectivity index (χ2v) is 4.90. The molecule has 5 nitrogen and oxygen atoms in total. The number of rotatable bonds is 7. The van der Waals surface area contributed by atoms with E-state index in [1.54, 1.807) is 18.3 Å². The Kier molecular flexibility index (Phi) is 6.41. The Morgan fingerprint density at radius 1 is 1.27 bits per heavy atom. The Bertz CT molecular complexity index is 563. The lowest BCUT2D eigenvalue weighted by Gasteiger charge is -2.11. The molecule has 1 aromatic carbocycles. The van der Waals surface area contributed by atoms with Gasteiger partial charge in [0, 0.05) is 32.0 Å². The van der Waals surface area contributed by atoms with Crippen molar-refractivity contribution >= 4 is 5.96 Å². The third-order valence-corrected chi connectivity index (χ3v) is 3.12. The van der Waals surface area contributed by atoms with E-state index >= 15 is 0 Å². The molecule has 0 saturated carbocycles. The van der Waals surface area contributed by atoms with E-state index in [9.17, 15) is 4.39 Å². The molecule has 2 aromatic rings. The van der Waals surface area contributed by atoms with Crippen molar-refractivity contribution in [3.05, 3.63) is 54.4 Å². The van der Waals surface area contributed by atoms with E-state index in [2.05, 4.69) is 20.6 Å². The van der Waals surface area contributed by atoms with E-state index in [0.717, 1.165) is 37.6 Å². The number of aryl methyl sites for hydroxylation is 1. The summed E-state index contributed by atoms with van der Waals surface area (Å²) in [4.78, 5) is 8.52. The molecule has 0 amide bonds. The molecule has 0 bridgehead atoms. The summed E-state index contributed by atoms with van der Waals surface area (Å²) in [5.74, 6) is 0.551. The molecular weight excluding hydrogens is 281 g/mol. The van der Waals surface area contributed by atoms with Crippen molar-refractivity contribution in [3.63, 3.8) is 0 Å². The lowest BCUT2D eigenvalue weighted by molar-refractivity contribution is 0.624. The number of benzene rings is 1. The number of hydrogen-bond acceptors (Lipinski definition) is 2. The zero-order valence-corrected chi connectivity index (χ0v) is 12.8. The molecule has 118 valence electrons. The summed E-state index contributed by atoms with van der Waals surface area (Å²) >= 11 is 0. The lowest BCUT2D eigenvalue weighted by atomic mass is 10.2. The molecule has 0 spiro atoms. The molecule has 0 aliphatic carbocycles. The fourth-order valence-corrected chi connectivity index (χ4v) is 1.99. The summed E-state index contributed by atoms with van der Waals surface area (Å²) in [6.45, 7) is 5.10. The van der Waals surface area contributed by atoms with Crippen LogP contribution in [-0.4, -0.2) is 28.6 Å². The molecule has 1 aromatic heterocycles. The van der Waals surface area contributed by atoms with Crippen LogP contribution in [0, 0.1) is 5.82 Å². The van der Waals surface area contributed by atoms with Crippen molar-refractivity contribution in [2.75, 3.05) is 13.1 Å². The van der Waals surface area contributed by atoms with Crippen LogP contribution in [0.15, 0.2) is 48.0 Å². The van der Waals surface area contributed by atoms with Gasteiger partial charge in [-0.15, -0.1) is 0 Å². The Labute approximate surface area is 130 Å². The quantitative estimate of drug-likeness (QED) is 0.468. The van der Waals surface area contributed by atoms with Gasteiger partial charge in [-0.05, 0) is 31.0 Å². The van der Waals surface area contributed by atoms with E-state index in [1.807, 2.05) is 24.0 Å². The summed E-state index contributed by atoms with van der Waals surface area (Å²) in [5.41, 5.74) is 0.983. The van der Waals surface area contributed by atoms with E-state index in [-0.39, 0.29) is 5.82 Å². The molecule has 0 atom stereocenters. The number of guanidine groups is 1. The largest absolute Gasteiger partial charge is 0.357 e. The average molecular weight is 303 g/mol. The van der Waals surface area contributed by atoms with Gasteiger partial charge >= 0.3 is 0 Å². The zero-order valence-electron chi connectivity index (χ0n) is 12.8. The van der Waals surface area contributed by atoms with Crippen LogP contribution in [0.1, 0.15) is 18.9 Å². The third-order valence-electron chi connectivity index (χ3n) is 3.12. The van der Waals surface area contributed by atoms with E-state index in [0.29, 0.717) is 6.54 Å². The van der Waals surface area contributed by atoms with Crippen molar-refractivity contribution in [1.82, 2.24) is 20.2 Å². The van der Waals surface area contributed by atoms with Crippen LogP contribution in [0.4, 0.5) is 4.39 Å². The van der Waals surface area contributed by atoms with Crippen LogP contribution in [0.5, 0.6) is 0 Å². The third kappa shape index (κ3) is 5.55. The molecule has 0 saturated heterocycles. The molecule has 1 heterocycles. The van der Waals surface area contributed by atoms with Gasteiger partial charge in [0.25, 0.3) is 0 Å². The Balaban J connectivity index is 1.77. The Hall–Kier alpha value is -2.37. The predicted molar refractivity (Wildman–Crippen MR) is 86.1 cm³/mol. The van der Waals surface area contributed by atoms with Gasteiger partial charge in [0.05, 0.1) is 12.9 Å². The van der Waals surface area contributed by atoms with E-state index < -0.39 is 0 Å². The van der Waals surface area contributed by atoms with Gasteiger partial charge in [0.15, 0.2) is 5.96 Å². The highest BCUT2D eigenvalue weighted by Crippen LogP contribution is 2.03. The fourth-order valence-electron chi connectivity index (χ4n) is 1.99. The molecule has 22 heavy (non-hydrogen) atoms. The van der Waals surface area contributed by atoms with Gasteiger partial charge in [-0.2, -0.15) is 0 Å². The SMILES string of the molecule is CCNC(=NCc1ccc(F)cc1)NCCCn1ccnc1. The van der Waals surface area contributed by atoms with Crippen LogP contribution in [0.2, 0.25) is 0 Å². The standard InChI is InChI=1S/C16H22FN5/c1-2-19-16(20-8-3-10-22-11-9-18-13-22)21-12-14-4-6-15(17)7-5-14/h4-7,9,11,13H,2-3,8,10,12H2,1H3,(H2,19,20,21). The Morgan fingerprint density at radius 3 is 2.77 bits per heavy atom. The number of aromatic nitrogens is 2. The maximum Gasteiger partial charge on any atom is 0.191 e. The fraction of sp³-hybridized carbons (Fsp3) is 0.375. The monoisotopic (exact) mass is 303 g/mol. The maximum absolute atomic E-state index is 12.9. The van der Waals surface area contributed by atoms with Crippen molar-refractivity contribution in [2.45, 2.75) is 26.4 Å². The minimum absolute atomic E-state index is 0.225. The summed E-state index contributed by atoms with van der Waals surface area (Å²) in [6.07, 6.45) is 6.53. The first-order valence-corrected chi connectivity index (χ1v) is 7.50. The Morgan fingerprint density at radius 2 is 2.09 bits per heavy atom. The van der Waals surface area contributed by atoms with Crippen molar-refractivity contribution < 1.29 is 4.39 Å². The van der Waals surface area contributed by atoms with Gasteiger partial charge in [-0.1, -0.05) is 12.1 Å². The summed E-state index contributed by atoms with van der Waals surface area (Å²) < 4.78 is 14.9. The first kappa shape index (κ1) is 16.0. The second-order valence-electron chi connectivity index (χ2n) is 4.90. The topological polar surface area (TPSA) is 54.2 Å². The molecule has 6 heteroatoms. The van der Waals surface area contributed by atoms with Crippen LogP contribution < -0.4 is 10.6 Å². The van der Waals surface area contributed by atoms with Gasteiger partial charge < -0.3 is 15.2 Å². The van der Waals surface area contributed by atoms with Gasteiger partial charge in [0.2, 0.25) is 0 Å². The first-order valence-electron chi connectivity index (χ1n) is 7.50. The highest BCUT2D eigenvalue weighted by Gasteiger charge is 1.98. The van der Waals surface area contributed by atoms with Crippen LogP contribution in [-0.2, 0) is 13.1 Å². The highest BCUT2D eigenvalue weighted by molar-refractivity contribution is 5.79. The summed E-state index contributed by atoms with van der Waals surface area (Å²) in [7, 11) is 0. The van der Waals surface area contributed by atoms with E-state index in [1.165, 1.54) is 12.1 Å². The number of aliphatic imine (C=N–C) groups is 1. The van der Waals surface area contributed by atoms with Crippen molar-refractivity contribution in [3.8, 4) is 0 Å². The number of nitrogens with zero attached hydrogens (tertiary/aromatic N) is 3. The van der Waals surface area contributed by atoms with Crippen LogP contribution >= 0.6 is 0 Å². The van der Waals surface area contributed by atoms with Gasteiger partial charge in [0.1, 0.15) is 5.82 Å². The van der Waals surface area contributed by atoms with Crippen molar-refractivity contribution in [2.24, 2.45) is 4.99 Å². The molecule has 2 N–H and O–H groups in total. The summed E-state index contributed by atoms with van der Waals surface area (Å²) in [5, 5.41) is 6.50. The van der Waals surface area contributed by atoms with E-state index in [4.69, 9.17) is 0 Å². The number of hydrogen-bond donors (Lipinski definition) is 2. The highest BCUT2D eigenvalue weighted by atomic mass is 19.1. The summed E-state index contributed by atoms with van der Waals surface area (Å²) in [6, 6.07) is 6.41. The van der Waals surface area contributed by atoms with Crippen LogP contribution in [0.3, 0.4) is 0 Å². The lowest BCUT2D eigenvalue weighted by Crippen LogP contribution is -2.38. The first-order chi connectivity index (χ1) is 10.8. The minimum Gasteiger partial charge on any atom is -0.357 e. The van der Waals surface area contributed by atoms with Gasteiger partial charge in [-0.3, -0.25) is 0 Å². The normalized spacial score (nSPS) is 11.5. The maximum atomic E-state index is 12.9. The molecule has 0 aliphatic heterocycles. The van der Waals surface area contributed by atoms with Crippen LogP contribution in [0.25, 0.3) is 0 Å². The predicted octanol–water partition coefficient (Wildman–Crippen LogP) is 2.17. The van der Waals surface area contributed by atoms with Crippen molar-refractivity contribution in [1.29, 1.82) is 0 Å². The molecule has 0 fully saturated rings. The molecule has 0 radical (unpaired) electrons. The number of imidazole rings is 1. The zero-order chi connectivity index (χ0) is 15.6. The molecule has 2 rings (SSSR count). The molecule has 0 aliphatic rings. The number of halogens is 1. The molecular formula is C16H22FN5. The minimum atomic E-state index is -0.225. The van der Waals surface area contributed by atoms with Gasteiger partial charge in [-0.25, -0.2) is 14.4 Å². The second kappa shape index (κ2) is 8.81.